The van der Waals surface area contributed by atoms with Crippen molar-refractivity contribution >= 4 is 0 Å². The van der Waals surface area contributed by atoms with Crippen LogP contribution in [0.5, 0.6) is 5.75 Å². The molecule has 0 aliphatic rings. The van der Waals surface area contributed by atoms with Crippen LogP contribution < -0.4 is 4.74 Å². The minimum atomic E-state index is 0.385. The van der Waals surface area contributed by atoms with Gasteiger partial charge in [-0.2, -0.15) is 10.5 Å². The van der Waals surface area contributed by atoms with Gasteiger partial charge < -0.3 is 4.74 Å². The van der Waals surface area contributed by atoms with Gasteiger partial charge in [0.05, 0.1) is 17.7 Å². The maximum Gasteiger partial charge on any atom is 0.120 e. The van der Waals surface area contributed by atoms with Gasteiger partial charge in [-0.3, -0.25) is 0 Å². The summed E-state index contributed by atoms with van der Waals surface area (Å²) in [7, 11) is 0. The molecule has 0 radical (unpaired) electrons. The van der Waals surface area contributed by atoms with Crippen molar-refractivity contribution < 1.29 is 4.74 Å². The highest BCUT2D eigenvalue weighted by molar-refractivity contribution is 5.49. The molecule has 0 aromatic heterocycles. The summed E-state index contributed by atoms with van der Waals surface area (Å²) >= 11 is 0. The first-order chi connectivity index (χ1) is 12.8. The highest BCUT2D eigenvalue weighted by atomic mass is 16.5. The van der Waals surface area contributed by atoms with Crippen molar-refractivity contribution in [3.05, 3.63) is 29.3 Å². The molecule has 3 heteroatoms. The Kier molecular flexibility index (Phi) is 12.9. The summed E-state index contributed by atoms with van der Waals surface area (Å²) in [5, 5.41) is 17.9. The molecule has 0 unspecified atom stereocenters. The third kappa shape index (κ3) is 10.1. The Labute approximate surface area is 160 Å². The highest BCUT2D eigenvalue weighted by Crippen LogP contribution is 2.17. The maximum absolute atomic E-state index is 9.01. The molecule has 0 aliphatic heterocycles. The molecule has 0 heterocycles. The van der Waals surface area contributed by atoms with E-state index >= 15 is 0 Å². The predicted octanol–water partition coefficient (Wildman–Crippen LogP) is 6.90. The monoisotopic (exact) mass is 354 g/mol. The van der Waals surface area contributed by atoms with Gasteiger partial charge in [-0.15, -0.1) is 0 Å². The molecule has 0 bridgehead atoms. The molecule has 0 saturated heterocycles. The van der Waals surface area contributed by atoms with Crippen LogP contribution in [0.3, 0.4) is 0 Å². The number of benzene rings is 1. The van der Waals surface area contributed by atoms with Gasteiger partial charge in [0.2, 0.25) is 0 Å². The summed E-state index contributed by atoms with van der Waals surface area (Å²) in [6, 6.07) is 9.12. The fraction of sp³-hybridized carbons (Fsp3) is 0.652. The Hall–Kier alpha value is -2.00. The van der Waals surface area contributed by atoms with Crippen molar-refractivity contribution in [2.75, 3.05) is 6.61 Å². The lowest BCUT2D eigenvalue weighted by molar-refractivity contribution is 0.304. The van der Waals surface area contributed by atoms with Crippen LogP contribution in [0.25, 0.3) is 0 Å². The molecule has 0 aliphatic carbocycles. The van der Waals surface area contributed by atoms with E-state index in [1.807, 2.05) is 12.1 Å². The van der Waals surface area contributed by atoms with Gasteiger partial charge in [0.15, 0.2) is 0 Å². The normalized spacial score (nSPS) is 10.3. The van der Waals surface area contributed by atoms with Crippen molar-refractivity contribution in [2.45, 2.75) is 90.4 Å². The van der Waals surface area contributed by atoms with E-state index in [4.69, 9.17) is 15.3 Å². The van der Waals surface area contributed by atoms with Crippen molar-refractivity contribution in [1.29, 1.82) is 10.5 Å². The second-order valence-electron chi connectivity index (χ2n) is 7.02. The molecule has 0 amide bonds. The molecule has 0 atom stereocenters. The molecule has 0 fully saturated rings. The molecule has 1 aromatic rings. The lowest BCUT2D eigenvalue weighted by Gasteiger charge is -2.07. The zero-order chi connectivity index (χ0) is 18.9. The Morgan fingerprint density at radius 3 is 1.69 bits per heavy atom. The summed E-state index contributed by atoms with van der Waals surface area (Å²) < 4.78 is 5.69. The summed E-state index contributed by atoms with van der Waals surface area (Å²) in [6.07, 6.45) is 17.4. The van der Waals surface area contributed by atoms with E-state index in [9.17, 15) is 0 Å². The van der Waals surface area contributed by atoms with Gasteiger partial charge >= 0.3 is 0 Å². The molecule has 1 aromatic carbocycles. The minimum absolute atomic E-state index is 0.385. The van der Waals surface area contributed by atoms with Crippen LogP contribution >= 0.6 is 0 Å². The first-order valence-electron chi connectivity index (χ1n) is 10.4. The molecule has 142 valence electrons. The first kappa shape index (κ1) is 22.0. The van der Waals surface area contributed by atoms with Crippen molar-refractivity contribution in [3.63, 3.8) is 0 Å². The van der Waals surface area contributed by atoms with E-state index < -0.39 is 0 Å². The molecule has 1 rings (SSSR count). The van der Waals surface area contributed by atoms with Crippen LogP contribution in [-0.4, -0.2) is 6.61 Å². The average molecular weight is 355 g/mol. The van der Waals surface area contributed by atoms with E-state index in [-0.39, 0.29) is 0 Å². The molecular weight excluding hydrogens is 320 g/mol. The molecule has 26 heavy (non-hydrogen) atoms. The third-order valence-electron chi connectivity index (χ3n) is 4.75. The zero-order valence-electron chi connectivity index (χ0n) is 16.4. The van der Waals surface area contributed by atoms with E-state index in [0.29, 0.717) is 23.5 Å². The number of hydrogen-bond donors (Lipinski definition) is 0. The largest absolute Gasteiger partial charge is 0.494 e. The van der Waals surface area contributed by atoms with Crippen LogP contribution in [0.1, 0.15) is 102 Å². The zero-order valence-corrected chi connectivity index (χ0v) is 16.4. The topological polar surface area (TPSA) is 56.8 Å². The van der Waals surface area contributed by atoms with E-state index in [1.165, 1.54) is 77.0 Å². The number of hydrogen-bond acceptors (Lipinski definition) is 3. The third-order valence-corrected chi connectivity index (χ3v) is 4.75. The lowest BCUT2D eigenvalue weighted by Crippen LogP contribution is -1.98. The van der Waals surface area contributed by atoms with Gasteiger partial charge in [-0.05, 0) is 24.6 Å². The minimum Gasteiger partial charge on any atom is -0.494 e. The molecular formula is C23H34N2O. The maximum atomic E-state index is 9.01. The molecule has 0 saturated carbocycles. The van der Waals surface area contributed by atoms with Crippen molar-refractivity contribution in [1.82, 2.24) is 0 Å². The Balaban J connectivity index is 1.94. The van der Waals surface area contributed by atoms with Gasteiger partial charge in [-0.25, -0.2) is 0 Å². The van der Waals surface area contributed by atoms with Crippen LogP contribution in [0.4, 0.5) is 0 Å². The van der Waals surface area contributed by atoms with Crippen molar-refractivity contribution in [3.8, 4) is 17.9 Å². The predicted molar refractivity (Wildman–Crippen MR) is 107 cm³/mol. The second-order valence-corrected chi connectivity index (χ2v) is 7.02. The number of rotatable bonds is 15. The first-order valence-corrected chi connectivity index (χ1v) is 10.4. The van der Waals surface area contributed by atoms with Crippen LogP contribution in [-0.2, 0) is 0 Å². The second kappa shape index (κ2) is 15.3. The van der Waals surface area contributed by atoms with Crippen LogP contribution in [0.2, 0.25) is 0 Å². The fourth-order valence-electron chi connectivity index (χ4n) is 3.11. The van der Waals surface area contributed by atoms with Gasteiger partial charge in [0, 0.05) is 0 Å². The van der Waals surface area contributed by atoms with E-state index in [1.54, 1.807) is 18.2 Å². The summed E-state index contributed by atoms with van der Waals surface area (Å²) in [5.41, 5.74) is 0.788. The van der Waals surface area contributed by atoms with Gasteiger partial charge in [0.25, 0.3) is 0 Å². The van der Waals surface area contributed by atoms with E-state index in [2.05, 4.69) is 6.92 Å². The molecule has 3 nitrogen and oxygen atoms in total. The summed E-state index contributed by atoms with van der Waals surface area (Å²) in [6.45, 7) is 2.94. The Bertz CT molecular complexity index is 569. The molecule has 0 spiro atoms. The number of nitriles is 2. The number of unbranched alkanes of at least 4 members (excludes halogenated alkanes) is 12. The van der Waals surface area contributed by atoms with Gasteiger partial charge in [0.1, 0.15) is 17.9 Å². The Morgan fingerprint density at radius 1 is 0.692 bits per heavy atom. The average Bonchev–Trinajstić information content (AvgIpc) is 2.68. The number of ether oxygens (including phenoxy) is 1. The smallest absolute Gasteiger partial charge is 0.120 e. The number of nitrogens with zero attached hydrogens (tertiary/aromatic N) is 2. The lowest BCUT2D eigenvalue weighted by atomic mass is 10.0. The fourth-order valence-corrected chi connectivity index (χ4v) is 3.11. The van der Waals surface area contributed by atoms with Gasteiger partial charge in [-0.1, -0.05) is 84.0 Å². The SMILES string of the molecule is CCCCCCCCCCCCCCCOc1ccc(C#N)c(C#N)c1. The standard InChI is InChI=1S/C23H34N2O/c1-2-3-4-5-6-7-8-9-10-11-12-13-14-17-26-23-16-15-21(19-24)22(18-23)20-25/h15-16,18H,2-14,17H2,1H3. The Morgan fingerprint density at radius 2 is 1.19 bits per heavy atom. The van der Waals surface area contributed by atoms with Crippen LogP contribution in [0, 0.1) is 22.7 Å². The quantitative estimate of drug-likeness (QED) is 0.322. The molecule has 0 N–H and O–H groups in total. The van der Waals surface area contributed by atoms with Crippen LogP contribution in [0.15, 0.2) is 18.2 Å². The van der Waals surface area contributed by atoms with Crippen molar-refractivity contribution in [2.24, 2.45) is 0 Å². The summed E-state index contributed by atoms with van der Waals surface area (Å²) in [5.74, 6) is 0.680. The highest BCUT2D eigenvalue weighted by Gasteiger charge is 2.03. The van der Waals surface area contributed by atoms with E-state index in [0.717, 1.165) is 6.42 Å². The summed E-state index contributed by atoms with van der Waals surface area (Å²) in [4.78, 5) is 0.